The van der Waals surface area contributed by atoms with Gasteiger partial charge in [-0.25, -0.2) is 9.97 Å². The van der Waals surface area contributed by atoms with Gasteiger partial charge in [-0.3, -0.25) is 4.79 Å². The molecule has 0 atom stereocenters. The number of nitrogens with one attached hydrogen (secondary N) is 1. The number of hydrogen-bond acceptors (Lipinski definition) is 6. The third-order valence-corrected chi connectivity index (χ3v) is 5.18. The van der Waals surface area contributed by atoms with Gasteiger partial charge in [0.05, 0.1) is 0 Å². The molecule has 0 radical (unpaired) electrons. The molecule has 0 spiro atoms. The van der Waals surface area contributed by atoms with Gasteiger partial charge in [0, 0.05) is 18.4 Å². The molecule has 30 heavy (non-hydrogen) atoms. The predicted molar refractivity (Wildman–Crippen MR) is 111 cm³/mol. The number of fused-ring (bicyclic) bond motifs is 1. The van der Waals surface area contributed by atoms with Crippen molar-refractivity contribution in [3.63, 3.8) is 0 Å². The highest BCUT2D eigenvalue weighted by molar-refractivity contribution is 5.84. The lowest BCUT2D eigenvalue weighted by Crippen LogP contribution is -2.41. The van der Waals surface area contributed by atoms with Crippen molar-refractivity contribution < 1.29 is 14.3 Å². The molecule has 7 heteroatoms. The van der Waals surface area contributed by atoms with Gasteiger partial charge < -0.3 is 14.8 Å². The largest absolute Gasteiger partial charge is 0.484 e. The Morgan fingerprint density at radius 3 is 2.63 bits per heavy atom. The Morgan fingerprint density at radius 2 is 1.83 bits per heavy atom. The smallest absolute Gasteiger partial charge is 0.258 e. The summed E-state index contributed by atoms with van der Waals surface area (Å²) in [5.41, 5.74) is 0.193. The van der Waals surface area contributed by atoms with Crippen LogP contribution in [0.3, 0.4) is 0 Å². The van der Waals surface area contributed by atoms with E-state index in [-0.39, 0.29) is 36.2 Å². The van der Waals surface area contributed by atoms with Gasteiger partial charge in [0.1, 0.15) is 17.9 Å². The van der Waals surface area contributed by atoms with Crippen LogP contribution < -0.4 is 14.8 Å². The van der Waals surface area contributed by atoms with E-state index in [0.29, 0.717) is 5.75 Å². The number of hydrogen-bond donors (Lipinski definition) is 1. The van der Waals surface area contributed by atoms with Gasteiger partial charge >= 0.3 is 0 Å². The van der Waals surface area contributed by atoms with Crippen molar-refractivity contribution in [1.29, 1.82) is 5.26 Å². The van der Waals surface area contributed by atoms with Crippen molar-refractivity contribution in [2.45, 2.75) is 37.8 Å². The molecular weight excluding hydrogens is 380 g/mol. The topological polar surface area (TPSA) is 97.1 Å². The van der Waals surface area contributed by atoms with Crippen molar-refractivity contribution in [3.05, 3.63) is 60.6 Å². The van der Waals surface area contributed by atoms with Gasteiger partial charge in [-0.05, 0) is 48.6 Å². The zero-order valence-corrected chi connectivity index (χ0v) is 16.5. The minimum Gasteiger partial charge on any atom is -0.484 e. The molecule has 4 rings (SSSR count). The normalized spacial score (nSPS) is 18.4. The Labute approximate surface area is 174 Å². The average molecular weight is 402 g/mol. The van der Waals surface area contributed by atoms with E-state index in [1.807, 2.05) is 48.5 Å². The van der Waals surface area contributed by atoms with E-state index in [9.17, 15) is 4.79 Å². The lowest BCUT2D eigenvalue weighted by molar-refractivity contribution is -0.124. The number of aromatic nitrogens is 2. The van der Waals surface area contributed by atoms with Crippen molar-refractivity contribution >= 4 is 16.7 Å². The Hall–Kier alpha value is -3.66. The third-order valence-electron chi connectivity index (χ3n) is 5.18. The van der Waals surface area contributed by atoms with Gasteiger partial charge in [0.25, 0.3) is 11.8 Å². The molecule has 1 aliphatic carbocycles. The molecular formula is C23H22N4O3. The van der Waals surface area contributed by atoms with E-state index in [4.69, 9.17) is 14.7 Å². The van der Waals surface area contributed by atoms with Crippen molar-refractivity contribution in [1.82, 2.24) is 15.3 Å². The molecule has 1 fully saturated rings. The van der Waals surface area contributed by atoms with Crippen LogP contribution in [-0.4, -0.2) is 34.6 Å². The summed E-state index contributed by atoms with van der Waals surface area (Å²) in [5, 5.41) is 14.3. The first-order valence-corrected chi connectivity index (χ1v) is 10.00. The Kier molecular flexibility index (Phi) is 6.04. The zero-order valence-electron chi connectivity index (χ0n) is 16.5. The monoisotopic (exact) mass is 402 g/mol. The van der Waals surface area contributed by atoms with E-state index in [1.54, 1.807) is 0 Å². The quantitative estimate of drug-likeness (QED) is 0.679. The molecule has 1 amide bonds. The second-order valence-corrected chi connectivity index (χ2v) is 7.28. The number of rotatable bonds is 6. The number of ether oxygens (including phenoxy) is 2. The second-order valence-electron chi connectivity index (χ2n) is 7.28. The Bertz CT molecular complexity index is 1070. The van der Waals surface area contributed by atoms with E-state index in [2.05, 4.69) is 15.3 Å². The number of benzene rings is 2. The summed E-state index contributed by atoms with van der Waals surface area (Å²) in [7, 11) is 0. The number of nitrogens with zero attached hydrogens (tertiary/aromatic N) is 3. The lowest BCUT2D eigenvalue weighted by atomic mass is 9.93. The van der Waals surface area contributed by atoms with Crippen LogP contribution in [0.4, 0.5) is 0 Å². The maximum Gasteiger partial charge on any atom is 0.258 e. The highest BCUT2D eigenvalue weighted by atomic mass is 16.5. The Morgan fingerprint density at radius 1 is 1.07 bits per heavy atom. The molecule has 1 heterocycles. The fourth-order valence-corrected chi connectivity index (χ4v) is 3.65. The van der Waals surface area contributed by atoms with Gasteiger partial charge in [0.2, 0.25) is 5.69 Å². The Balaban J connectivity index is 1.22. The van der Waals surface area contributed by atoms with Crippen LogP contribution >= 0.6 is 0 Å². The fourth-order valence-electron chi connectivity index (χ4n) is 3.65. The summed E-state index contributed by atoms with van der Waals surface area (Å²) in [6.45, 7) is -0.0140. The maximum absolute atomic E-state index is 12.3. The minimum absolute atomic E-state index is 0.0140. The maximum atomic E-state index is 12.3. The molecule has 0 bridgehead atoms. The van der Waals surface area contributed by atoms with E-state index >= 15 is 0 Å². The van der Waals surface area contributed by atoms with Crippen LogP contribution in [0.5, 0.6) is 11.6 Å². The second kappa shape index (κ2) is 9.23. The molecule has 152 valence electrons. The number of carbonyl (C=O) groups excluding carboxylic acids is 1. The first-order valence-electron chi connectivity index (χ1n) is 10.00. The van der Waals surface area contributed by atoms with Crippen LogP contribution in [0.1, 0.15) is 31.4 Å². The molecule has 0 saturated heterocycles. The minimum atomic E-state index is -0.131. The summed E-state index contributed by atoms with van der Waals surface area (Å²) < 4.78 is 11.5. The van der Waals surface area contributed by atoms with Crippen molar-refractivity contribution in [2.75, 3.05) is 6.61 Å². The van der Waals surface area contributed by atoms with E-state index < -0.39 is 0 Å². The molecule has 1 saturated carbocycles. The summed E-state index contributed by atoms with van der Waals surface area (Å²) in [4.78, 5) is 20.3. The molecule has 1 N–H and O–H groups in total. The third kappa shape index (κ3) is 4.84. The van der Waals surface area contributed by atoms with Crippen molar-refractivity contribution in [2.24, 2.45) is 0 Å². The molecule has 1 aliphatic rings. The summed E-state index contributed by atoms with van der Waals surface area (Å²) in [6, 6.07) is 15.9. The summed E-state index contributed by atoms with van der Waals surface area (Å²) in [5.74, 6) is 0.822. The first-order chi connectivity index (χ1) is 14.7. The number of nitriles is 1. The van der Waals surface area contributed by atoms with Crippen LogP contribution in [0.25, 0.3) is 10.8 Å². The van der Waals surface area contributed by atoms with Crippen LogP contribution in [0, 0.1) is 11.3 Å². The highest BCUT2D eigenvalue weighted by Crippen LogP contribution is 2.24. The van der Waals surface area contributed by atoms with Crippen LogP contribution in [0.15, 0.2) is 54.9 Å². The standard InChI is InChI=1S/C23H22N4O3/c24-14-21-23(26-12-11-25-21)30-19-9-6-18(7-10-19)27-22(28)15-29-20-8-5-16-3-1-2-4-17(16)13-20/h1-5,8,11-13,18-19H,6-7,9-10,15H2,(H,27,28). The first kappa shape index (κ1) is 19.6. The molecule has 0 aliphatic heterocycles. The molecule has 7 nitrogen and oxygen atoms in total. The SMILES string of the molecule is N#Cc1nccnc1OC1CCC(NC(=O)COc2ccc3ccccc3c2)CC1. The molecule has 1 aromatic heterocycles. The lowest BCUT2D eigenvalue weighted by Gasteiger charge is -2.29. The van der Waals surface area contributed by atoms with Gasteiger partial charge in [-0.1, -0.05) is 30.3 Å². The van der Waals surface area contributed by atoms with E-state index in [1.165, 1.54) is 12.4 Å². The van der Waals surface area contributed by atoms with Crippen LogP contribution in [-0.2, 0) is 4.79 Å². The zero-order chi connectivity index (χ0) is 20.8. The van der Waals surface area contributed by atoms with Gasteiger partial charge in [0.15, 0.2) is 6.61 Å². The average Bonchev–Trinajstić information content (AvgIpc) is 2.79. The van der Waals surface area contributed by atoms with Crippen LogP contribution in [0.2, 0.25) is 0 Å². The van der Waals surface area contributed by atoms with Crippen molar-refractivity contribution in [3.8, 4) is 17.7 Å². The molecule has 2 aromatic carbocycles. The molecule has 0 unspecified atom stereocenters. The highest BCUT2D eigenvalue weighted by Gasteiger charge is 2.25. The number of amides is 1. The summed E-state index contributed by atoms with van der Waals surface area (Å²) >= 11 is 0. The van der Waals surface area contributed by atoms with E-state index in [0.717, 1.165) is 36.5 Å². The molecule has 3 aromatic rings. The fraction of sp³-hybridized carbons (Fsp3) is 0.304. The predicted octanol–water partition coefficient (Wildman–Crippen LogP) is 3.39. The summed E-state index contributed by atoms with van der Waals surface area (Å²) in [6.07, 6.45) is 6.10. The van der Waals surface area contributed by atoms with Gasteiger partial charge in [-0.2, -0.15) is 5.26 Å². The van der Waals surface area contributed by atoms with Gasteiger partial charge in [-0.15, -0.1) is 0 Å². The number of carbonyl (C=O) groups is 1.